The van der Waals surface area contributed by atoms with Gasteiger partial charge in [0.2, 0.25) is 0 Å². The van der Waals surface area contributed by atoms with E-state index in [9.17, 15) is 4.79 Å². The molecule has 1 aromatic carbocycles. The Labute approximate surface area is 80.6 Å². The fraction of sp³-hybridized carbons (Fsp3) is 0.364. The monoisotopic (exact) mass is 178 g/mol. The van der Waals surface area contributed by atoms with Gasteiger partial charge in [-0.25, -0.2) is 0 Å². The highest BCUT2D eigenvalue weighted by Crippen LogP contribution is 2.03. The summed E-state index contributed by atoms with van der Waals surface area (Å²) in [5, 5.41) is 0. The zero-order valence-electron chi connectivity index (χ0n) is 9.03. The van der Waals surface area contributed by atoms with E-state index in [2.05, 4.69) is 0 Å². The second kappa shape index (κ2) is 4.65. The molecule has 1 aromatic rings. The second-order valence-corrected chi connectivity index (χ2v) is 2.72. The van der Waals surface area contributed by atoms with E-state index in [0.29, 0.717) is 12.1 Å². The topological polar surface area (TPSA) is 20.3 Å². The Morgan fingerprint density at radius 3 is 2.46 bits per heavy atom. The van der Waals surface area contributed by atoms with Gasteiger partial charge >= 0.3 is 0 Å². The molecule has 1 atom stereocenters. The molecule has 0 N–H and O–H groups in total. The lowest BCUT2D eigenvalue weighted by atomic mass is 10.2. The third-order valence-electron chi connectivity index (χ3n) is 1.93. The fourth-order valence-corrected chi connectivity index (χ4v) is 1.19. The molecule has 0 aliphatic heterocycles. The van der Waals surface area contributed by atoms with Crippen LogP contribution in [0, 0.1) is 0 Å². The summed E-state index contributed by atoms with van der Waals surface area (Å²) in [5.41, 5.74) is 0.647. The first kappa shape index (κ1) is 8.30. The van der Waals surface area contributed by atoms with Crippen LogP contribution in [0.1, 0.15) is 25.6 Å². The normalized spacial score (nSPS) is 13.2. The molecule has 1 unspecified atom stereocenters. The van der Waals surface area contributed by atoms with Crippen LogP contribution in [0.2, 0.25) is 0 Å². The van der Waals surface area contributed by atoms with Crippen LogP contribution >= 0.6 is 0 Å². The Hall–Kier alpha value is -1.31. The summed E-state index contributed by atoms with van der Waals surface area (Å²) in [5.74, 6) is -0.0735. The average molecular weight is 178 g/mol. The highest BCUT2D eigenvalue weighted by molar-refractivity contribution is 5.94. The minimum atomic E-state index is -0.493. The predicted molar refractivity (Wildman–Crippen MR) is 53.7 cm³/mol. The van der Waals surface area contributed by atoms with Crippen molar-refractivity contribution in [2.75, 3.05) is 13.1 Å². The van der Waals surface area contributed by atoms with Crippen molar-refractivity contribution in [1.82, 2.24) is 4.90 Å². The van der Waals surface area contributed by atoms with Crippen molar-refractivity contribution < 1.29 is 6.17 Å². The van der Waals surface area contributed by atoms with Crippen LogP contribution in [-0.4, -0.2) is 23.9 Å². The maximum atomic E-state index is 11.8. The molecule has 70 valence electrons. The van der Waals surface area contributed by atoms with Gasteiger partial charge in [-0.1, -0.05) is 18.2 Å². The predicted octanol–water partition coefficient (Wildman–Crippen LogP) is 2.17. The Bertz CT molecular complexity index is 297. The average Bonchev–Trinajstić information content (AvgIpc) is 2.19. The van der Waals surface area contributed by atoms with Crippen LogP contribution in [0.4, 0.5) is 0 Å². The molecule has 0 fully saturated rings. The Morgan fingerprint density at radius 1 is 1.38 bits per heavy atom. The zero-order valence-corrected chi connectivity index (χ0v) is 8.03. The lowest BCUT2D eigenvalue weighted by molar-refractivity contribution is 0.0773. The van der Waals surface area contributed by atoms with E-state index in [0.717, 1.165) is 0 Å². The molecular formula is C11H15NO. The molecular weight excluding hydrogens is 162 g/mol. The van der Waals surface area contributed by atoms with Crippen molar-refractivity contribution in [2.24, 2.45) is 0 Å². The van der Waals surface area contributed by atoms with E-state index in [1.54, 1.807) is 19.1 Å². The van der Waals surface area contributed by atoms with Gasteiger partial charge in [-0.05, 0) is 26.0 Å². The first-order chi connectivity index (χ1) is 6.66. The minimum absolute atomic E-state index is 0.0735. The Morgan fingerprint density at radius 2 is 2.00 bits per heavy atom. The van der Waals surface area contributed by atoms with Gasteiger partial charge < -0.3 is 4.90 Å². The SMILES string of the molecule is [2H]C(C)N(CC)C(=O)c1ccccc1. The third kappa shape index (κ3) is 2.31. The summed E-state index contributed by atoms with van der Waals surface area (Å²) >= 11 is 0. The van der Waals surface area contributed by atoms with Crippen LogP contribution in [-0.2, 0) is 0 Å². The van der Waals surface area contributed by atoms with Crippen LogP contribution in [0.5, 0.6) is 0 Å². The van der Waals surface area contributed by atoms with E-state index in [1.807, 2.05) is 25.1 Å². The molecule has 0 saturated carbocycles. The molecule has 0 bridgehead atoms. The third-order valence-corrected chi connectivity index (χ3v) is 1.93. The lowest BCUT2D eigenvalue weighted by Gasteiger charge is -2.18. The van der Waals surface area contributed by atoms with Gasteiger partial charge in [0.1, 0.15) is 0 Å². The van der Waals surface area contributed by atoms with Crippen molar-refractivity contribution >= 4 is 5.91 Å². The minimum Gasteiger partial charge on any atom is -0.339 e. The number of amides is 1. The van der Waals surface area contributed by atoms with E-state index in [-0.39, 0.29) is 5.91 Å². The molecule has 2 nitrogen and oxygen atoms in total. The summed E-state index contributed by atoms with van der Waals surface area (Å²) < 4.78 is 7.52. The van der Waals surface area contributed by atoms with Crippen LogP contribution in [0.3, 0.4) is 0 Å². The van der Waals surface area contributed by atoms with Gasteiger partial charge in [0.25, 0.3) is 5.91 Å². The molecule has 13 heavy (non-hydrogen) atoms. The zero-order chi connectivity index (χ0) is 10.6. The summed E-state index contributed by atoms with van der Waals surface area (Å²) in [4.78, 5) is 13.3. The molecule has 2 heteroatoms. The molecule has 1 amide bonds. The number of hydrogen-bond donors (Lipinski definition) is 0. The standard InChI is InChI=1S/C11H15NO/c1-3-12(4-2)11(13)10-8-6-5-7-9-10/h5-9H,3-4H2,1-2H3/i3D. The number of hydrogen-bond acceptors (Lipinski definition) is 1. The largest absolute Gasteiger partial charge is 0.339 e. The summed E-state index contributed by atoms with van der Waals surface area (Å²) in [7, 11) is 0. The van der Waals surface area contributed by atoms with Gasteiger partial charge in [0.15, 0.2) is 0 Å². The summed E-state index contributed by atoms with van der Waals surface area (Å²) in [6.45, 7) is 3.65. The highest BCUT2D eigenvalue weighted by Gasteiger charge is 2.10. The fourth-order valence-electron chi connectivity index (χ4n) is 1.19. The molecule has 0 saturated heterocycles. The Balaban J connectivity index is 2.84. The number of benzene rings is 1. The summed E-state index contributed by atoms with van der Waals surface area (Å²) in [6.07, 6.45) is 0. The Kier molecular flexibility index (Phi) is 2.97. The van der Waals surface area contributed by atoms with Gasteiger partial charge in [0.05, 0.1) is 0 Å². The first-order valence-corrected chi connectivity index (χ1v) is 4.45. The molecule has 0 spiro atoms. The molecule has 0 radical (unpaired) electrons. The molecule has 0 aliphatic rings. The molecule has 0 aromatic heterocycles. The molecule has 0 aliphatic carbocycles. The molecule has 1 rings (SSSR count). The van der Waals surface area contributed by atoms with Crippen molar-refractivity contribution in [2.45, 2.75) is 13.8 Å². The lowest BCUT2D eigenvalue weighted by Crippen LogP contribution is -2.30. The first-order valence-electron chi connectivity index (χ1n) is 5.02. The quantitative estimate of drug-likeness (QED) is 0.694. The van der Waals surface area contributed by atoms with Crippen molar-refractivity contribution in [3.8, 4) is 0 Å². The number of nitrogens with zero attached hydrogens (tertiary/aromatic N) is 1. The van der Waals surface area contributed by atoms with Gasteiger partial charge in [-0.3, -0.25) is 4.79 Å². The number of carbonyl (C=O) groups excluding carboxylic acids is 1. The van der Waals surface area contributed by atoms with E-state index >= 15 is 0 Å². The second-order valence-electron chi connectivity index (χ2n) is 2.72. The van der Waals surface area contributed by atoms with Crippen molar-refractivity contribution in [3.05, 3.63) is 35.9 Å². The molecule has 0 heterocycles. The number of carbonyl (C=O) groups is 1. The van der Waals surface area contributed by atoms with Gasteiger partial charge in [-0.2, -0.15) is 0 Å². The van der Waals surface area contributed by atoms with Crippen LogP contribution in [0.15, 0.2) is 30.3 Å². The van der Waals surface area contributed by atoms with Crippen molar-refractivity contribution in [1.29, 1.82) is 0 Å². The smallest absolute Gasteiger partial charge is 0.253 e. The van der Waals surface area contributed by atoms with E-state index < -0.39 is 6.52 Å². The highest BCUT2D eigenvalue weighted by atomic mass is 16.2. The van der Waals surface area contributed by atoms with E-state index in [1.165, 1.54) is 4.90 Å². The van der Waals surface area contributed by atoms with Gasteiger partial charge in [-0.15, -0.1) is 0 Å². The van der Waals surface area contributed by atoms with Gasteiger partial charge in [0, 0.05) is 20.0 Å². The van der Waals surface area contributed by atoms with Crippen molar-refractivity contribution in [3.63, 3.8) is 0 Å². The summed E-state index contributed by atoms with van der Waals surface area (Å²) in [6, 6.07) is 9.07. The van der Waals surface area contributed by atoms with E-state index in [4.69, 9.17) is 1.37 Å². The maximum absolute atomic E-state index is 11.8. The number of rotatable bonds is 3. The van der Waals surface area contributed by atoms with Crippen LogP contribution < -0.4 is 0 Å². The van der Waals surface area contributed by atoms with Crippen LogP contribution in [0.25, 0.3) is 0 Å². The maximum Gasteiger partial charge on any atom is 0.253 e.